The summed E-state index contributed by atoms with van der Waals surface area (Å²) in [6.07, 6.45) is 1.67. The largest absolute Gasteiger partial charge is 0.368 e. The zero-order valence-electron chi connectivity index (χ0n) is 17.7. The molecule has 0 atom stereocenters. The number of carbonyl (C=O) groups excluding carboxylic acids is 1. The van der Waals surface area contributed by atoms with Crippen molar-refractivity contribution in [3.8, 4) is 0 Å². The van der Waals surface area contributed by atoms with Crippen LogP contribution in [-0.2, 0) is 21.1 Å². The highest BCUT2D eigenvalue weighted by molar-refractivity contribution is 7.93. The Balaban J connectivity index is 1.34. The van der Waals surface area contributed by atoms with E-state index in [2.05, 4.69) is 27.8 Å². The fourth-order valence-electron chi connectivity index (χ4n) is 3.16. The number of amides is 1. The Morgan fingerprint density at radius 1 is 1.28 bits per heavy atom. The summed E-state index contributed by atoms with van der Waals surface area (Å²) in [5.74, 6) is 0.753. The molecule has 2 aromatic rings. The molecule has 1 aromatic carbocycles. The van der Waals surface area contributed by atoms with Gasteiger partial charge in [0, 0.05) is 32.1 Å². The van der Waals surface area contributed by atoms with E-state index in [1.165, 1.54) is 6.07 Å². The maximum atomic E-state index is 12.3. The van der Waals surface area contributed by atoms with Gasteiger partial charge in [-0.25, -0.2) is 8.42 Å². The van der Waals surface area contributed by atoms with E-state index in [0.717, 1.165) is 47.8 Å². The van der Waals surface area contributed by atoms with E-state index in [9.17, 15) is 13.2 Å². The molecule has 32 heavy (non-hydrogen) atoms. The highest BCUT2D eigenvalue weighted by Crippen LogP contribution is 2.34. The molecule has 2 heterocycles. The van der Waals surface area contributed by atoms with Crippen molar-refractivity contribution in [1.82, 2.24) is 15.5 Å². The lowest BCUT2D eigenvalue weighted by molar-refractivity contribution is -0.129. The van der Waals surface area contributed by atoms with Crippen LogP contribution in [0.1, 0.15) is 24.0 Å². The minimum absolute atomic E-state index is 0.0348. The standard InChI is InChI=1S/C21H26Cl2N4O3S2/c1-27(12-8-15-4-6-16(7-5-15)21-25-10-11-26-21)18(28)3-2-9-24-14-32(29,30)19-13-17(22)20(23)31-19/h4-7,13,24H,2-3,8-12,14H2,1H3,(H,25,26). The van der Waals surface area contributed by atoms with Gasteiger partial charge in [0.2, 0.25) is 15.7 Å². The Hall–Kier alpha value is -1.65. The molecule has 0 spiro atoms. The molecule has 174 valence electrons. The van der Waals surface area contributed by atoms with E-state index in [4.69, 9.17) is 23.2 Å². The molecule has 1 amide bonds. The molecule has 11 heteroatoms. The lowest BCUT2D eigenvalue weighted by Gasteiger charge is -2.17. The molecule has 1 aromatic heterocycles. The van der Waals surface area contributed by atoms with E-state index in [0.29, 0.717) is 25.9 Å². The van der Waals surface area contributed by atoms with Gasteiger partial charge in [-0.3, -0.25) is 9.79 Å². The summed E-state index contributed by atoms with van der Waals surface area (Å²) in [5, 5.41) is 6.37. The predicted molar refractivity (Wildman–Crippen MR) is 131 cm³/mol. The fourth-order valence-corrected chi connectivity index (χ4v) is 6.25. The second-order valence-corrected chi connectivity index (χ2v) is 11.7. The SMILES string of the molecule is CN(CCc1ccc(C2=NCCN2)cc1)C(=O)CCCNCS(=O)(=O)c1cc(Cl)c(Cl)s1. The number of aliphatic imine (C=N–C) groups is 1. The molecular formula is C21H26Cl2N4O3S2. The van der Waals surface area contributed by atoms with Gasteiger partial charge in [-0.2, -0.15) is 0 Å². The highest BCUT2D eigenvalue weighted by Gasteiger charge is 2.19. The summed E-state index contributed by atoms with van der Waals surface area (Å²) in [5.41, 5.74) is 2.24. The Morgan fingerprint density at radius 2 is 2.03 bits per heavy atom. The highest BCUT2D eigenvalue weighted by atomic mass is 35.5. The van der Waals surface area contributed by atoms with Gasteiger partial charge in [-0.05, 0) is 31.0 Å². The average molecular weight is 518 g/mol. The van der Waals surface area contributed by atoms with Crippen molar-refractivity contribution in [3.63, 3.8) is 0 Å². The number of amidine groups is 1. The van der Waals surface area contributed by atoms with Crippen LogP contribution in [0, 0.1) is 0 Å². The molecule has 0 radical (unpaired) electrons. The Kier molecular flexibility index (Phi) is 8.95. The number of hydrogen-bond donors (Lipinski definition) is 2. The first-order valence-corrected chi connectivity index (χ1v) is 13.5. The van der Waals surface area contributed by atoms with E-state index in [1.54, 1.807) is 11.9 Å². The van der Waals surface area contributed by atoms with E-state index in [1.807, 2.05) is 12.1 Å². The molecule has 1 aliphatic rings. The van der Waals surface area contributed by atoms with Crippen LogP contribution in [0.25, 0.3) is 0 Å². The predicted octanol–water partition coefficient (Wildman–Crippen LogP) is 3.21. The zero-order chi connectivity index (χ0) is 23.1. The Morgan fingerprint density at radius 3 is 2.66 bits per heavy atom. The van der Waals surface area contributed by atoms with Crippen molar-refractivity contribution in [2.45, 2.75) is 23.5 Å². The van der Waals surface area contributed by atoms with Crippen LogP contribution < -0.4 is 10.6 Å². The van der Waals surface area contributed by atoms with Gasteiger partial charge in [0.05, 0.1) is 11.6 Å². The number of sulfone groups is 1. The summed E-state index contributed by atoms with van der Waals surface area (Å²) in [4.78, 5) is 18.5. The number of thiophene rings is 1. The molecular weight excluding hydrogens is 491 g/mol. The lowest BCUT2D eigenvalue weighted by atomic mass is 10.1. The third-order valence-corrected chi connectivity index (χ3v) is 9.02. The number of benzene rings is 1. The summed E-state index contributed by atoms with van der Waals surface area (Å²) >= 11 is 12.6. The summed E-state index contributed by atoms with van der Waals surface area (Å²) in [6.45, 7) is 2.74. The average Bonchev–Trinajstić information content (AvgIpc) is 3.42. The molecule has 0 bridgehead atoms. The lowest BCUT2D eigenvalue weighted by Crippen LogP contribution is -2.30. The van der Waals surface area contributed by atoms with Crippen LogP contribution >= 0.6 is 34.5 Å². The zero-order valence-corrected chi connectivity index (χ0v) is 20.9. The molecule has 0 saturated carbocycles. The molecule has 0 fully saturated rings. The smallest absolute Gasteiger partial charge is 0.222 e. The normalized spacial score (nSPS) is 13.7. The number of nitrogens with zero attached hydrogens (tertiary/aromatic N) is 2. The van der Waals surface area contributed by atoms with Gasteiger partial charge < -0.3 is 15.5 Å². The number of halogens is 2. The second-order valence-electron chi connectivity index (χ2n) is 7.47. The van der Waals surface area contributed by atoms with Crippen molar-refractivity contribution < 1.29 is 13.2 Å². The fraction of sp³-hybridized carbons (Fsp3) is 0.429. The van der Waals surface area contributed by atoms with Crippen LogP contribution in [0.5, 0.6) is 0 Å². The van der Waals surface area contributed by atoms with Crippen LogP contribution in [0.4, 0.5) is 0 Å². The molecule has 2 N–H and O–H groups in total. The first kappa shape index (κ1) is 25.0. The van der Waals surface area contributed by atoms with Crippen LogP contribution in [0.2, 0.25) is 9.36 Å². The van der Waals surface area contributed by atoms with Crippen molar-refractivity contribution in [2.75, 3.05) is 39.1 Å². The maximum Gasteiger partial charge on any atom is 0.222 e. The van der Waals surface area contributed by atoms with Gasteiger partial charge in [0.1, 0.15) is 20.3 Å². The molecule has 0 saturated heterocycles. The first-order chi connectivity index (χ1) is 15.3. The summed E-state index contributed by atoms with van der Waals surface area (Å²) < 4.78 is 24.9. The minimum atomic E-state index is -3.50. The van der Waals surface area contributed by atoms with Crippen LogP contribution in [0.3, 0.4) is 0 Å². The van der Waals surface area contributed by atoms with Crippen molar-refractivity contribution in [3.05, 3.63) is 50.8 Å². The van der Waals surface area contributed by atoms with Crippen molar-refractivity contribution in [1.29, 1.82) is 0 Å². The van der Waals surface area contributed by atoms with Gasteiger partial charge >= 0.3 is 0 Å². The van der Waals surface area contributed by atoms with Crippen molar-refractivity contribution >= 4 is 56.1 Å². The molecule has 1 aliphatic heterocycles. The second kappa shape index (κ2) is 11.5. The summed E-state index contributed by atoms with van der Waals surface area (Å²) in [6, 6.07) is 9.58. The molecule has 0 aliphatic carbocycles. The quantitative estimate of drug-likeness (QED) is 0.447. The topological polar surface area (TPSA) is 90.9 Å². The van der Waals surface area contributed by atoms with Crippen LogP contribution in [-0.4, -0.2) is 64.2 Å². The maximum absolute atomic E-state index is 12.3. The van der Waals surface area contributed by atoms with Crippen LogP contribution in [0.15, 0.2) is 39.5 Å². The number of carbonyl (C=O) groups is 1. The van der Waals surface area contributed by atoms with Gasteiger partial charge in [-0.15, -0.1) is 11.3 Å². The monoisotopic (exact) mass is 516 g/mol. The number of hydrogen-bond acceptors (Lipinski definition) is 7. The summed E-state index contributed by atoms with van der Waals surface area (Å²) in [7, 11) is -1.71. The van der Waals surface area contributed by atoms with Gasteiger partial charge in [-0.1, -0.05) is 47.5 Å². The molecule has 7 nitrogen and oxygen atoms in total. The third-order valence-electron chi connectivity index (χ3n) is 5.03. The Labute approximate surface area is 202 Å². The number of likely N-dealkylation sites (N-methyl/N-ethyl adjacent to an activating group) is 1. The Bertz CT molecular complexity index is 1050. The third kappa shape index (κ3) is 6.92. The van der Waals surface area contributed by atoms with Gasteiger partial charge in [0.15, 0.2) is 0 Å². The minimum Gasteiger partial charge on any atom is -0.368 e. The van der Waals surface area contributed by atoms with E-state index in [-0.39, 0.29) is 25.4 Å². The van der Waals surface area contributed by atoms with E-state index >= 15 is 0 Å². The molecule has 3 rings (SSSR count). The first-order valence-electron chi connectivity index (χ1n) is 10.3. The number of rotatable bonds is 11. The van der Waals surface area contributed by atoms with Crippen molar-refractivity contribution in [2.24, 2.45) is 4.99 Å². The number of nitrogens with one attached hydrogen (secondary N) is 2. The van der Waals surface area contributed by atoms with Gasteiger partial charge in [0.25, 0.3) is 0 Å². The molecule has 0 unspecified atom stereocenters. The van der Waals surface area contributed by atoms with E-state index < -0.39 is 9.84 Å².